The molecule has 0 aliphatic heterocycles. The number of carbonyl (C=O) groups is 1. The zero-order chi connectivity index (χ0) is 13.8. The lowest BCUT2D eigenvalue weighted by Gasteiger charge is -2.14. The van der Waals surface area contributed by atoms with Gasteiger partial charge in [-0.05, 0) is 25.1 Å². The summed E-state index contributed by atoms with van der Waals surface area (Å²) in [4.78, 5) is 19.3. The van der Waals surface area contributed by atoms with Gasteiger partial charge in [-0.2, -0.15) is 0 Å². The van der Waals surface area contributed by atoms with Crippen LogP contribution in [-0.2, 0) is 0 Å². The van der Waals surface area contributed by atoms with Gasteiger partial charge in [0.1, 0.15) is 5.82 Å². The van der Waals surface area contributed by atoms with Crippen molar-refractivity contribution < 1.29 is 4.79 Å². The van der Waals surface area contributed by atoms with Crippen LogP contribution in [0.5, 0.6) is 0 Å². The first kappa shape index (κ1) is 13.4. The van der Waals surface area contributed by atoms with Gasteiger partial charge in [0, 0.05) is 30.2 Å². The van der Waals surface area contributed by atoms with Gasteiger partial charge in [-0.25, -0.2) is 4.98 Å². The molecule has 0 aliphatic carbocycles. The zero-order valence-corrected chi connectivity index (χ0v) is 11.5. The van der Waals surface area contributed by atoms with Crippen LogP contribution in [0.15, 0.2) is 30.6 Å². The largest absolute Gasteiger partial charge is 0.387 e. The maximum absolute atomic E-state index is 12.2. The molecule has 1 atom stereocenters. The summed E-state index contributed by atoms with van der Waals surface area (Å²) in [6.45, 7) is 1.86. The number of imidazole rings is 1. The number of anilines is 1. The molecule has 3 N–H and O–H groups in total. The smallest absolute Gasteiger partial charge is 0.254 e. The first-order chi connectivity index (χ1) is 9.11. The Bertz CT molecular complexity index is 568. The van der Waals surface area contributed by atoms with Gasteiger partial charge in [-0.15, -0.1) is 0 Å². The van der Waals surface area contributed by atoms with E-state index in [9.17, 15) is 4.79 Å². The summed E-state index contributed by atoms with van der Waals surface area (Å²) in [7, 11) is 1.76. The maximum atomic E-state index is 12.2. The molecule has 2 rings (SSSR count). The molecule has 0 spiro atoms. The highest BCUT2D eigenvalue weighted by atomic mass is 35.5. The van der Waals surface area contributed by atoms with Crippen molar-refractivity contribution in [1.82, 2.24) is 15.3 Å². The third kappa shape index (κ3) is 3.06. The molecule has 0 radical (unpaired) electrons. The average molecular weight is 279 g/mol. The number of benzene rings is 1. The van der Waals surface area contributed by atoms with Crippen molar-refractivity contribution in [3.05, 3.63) is 47.0 Å². The van der Waals surface area contributed by atoms with E-state index in [1.54, 1.807) is 37.6 Å². The molecular formula is C13H15ClN4O. The van der Waals surface area contributed by atoms with Gasteiger partial charge < -0.3 is 15.6 Å². The molecule has 5 nitrogen and oxygen atoms in total. The van der Waals surface area contributed by atoms with E-state index in [-0.39, 0.29) is 11.9 Å². The summed E-state index contributed by atoms with van der Waals surface area (Å²) in [5, 5.41) is 6.36. The van der Waals surface area contributed by atoms with E-state index in [1.807, 2.05) is 6.92 Å². The minimum atomic E-state index is -0.203. The van der Waals surface area contributed by atoms with E-state index >= 15 is 0 Å². The molecule has 0 aliphatic rings. The Hall–Kier alpha value is -2.01. The standard InChI is InChI=1S/C13H15ClN4O/c1-8(12-16-5-6-17-12)18-13(19)10-7-9(14)3-4-11(10)15-2/h3-8,15H,1-2H3,(H,16,17)(H,18,19). The molecule has 19 heavy (non-hydrogen) atoms. The molecule has 1 amide bonds. The van der Waals surface area contributed by atoms with Crippen molar-refractivity contribution in [3.8, 4) is 0 Å². The van der Waals surface area contributed by atoms with E-state index in [1.165, 1.54) is 0 Å². The summed E-state index contributed by atoms with van der Waals surface area (Å²) in [5.74, 6) is 0.511. The van der Waals surface area contributed by atoms with Crippen LogP contribution in [0.2, 0.25) is 5.02 Å². The highest BCUT2D eigenvalue weighted by Gasteiger charge is 2.16. The Balaban J connectivity index is 2.18. The van der Waals surface area contributed by atoms with E-state index in [2.05, 4.69) is 20.6 Å². The summed E-state index contributed by atoms with van der Waals surface area (Å²) >= 11 is 5.93. The molecular weight excluding hydrogens is 264 g/mol. The number of nitrogens with one attached hydrogen (secondary N) is 3. The summed E-state index contributed by atoms with van der Waals surface area (Å²) < 4.78 is 0. The average Bonchev–Trinajstić information content (AvgIpc) is 2.92. The number of hydrogen-bond donors (Lipinski definition) is 3. The van der Waals surface area contributed by atoms with Crippen molar-refractivity contribution in [3.63, 3.8) is 0 Å². The number of halogens is 1. The fourth-order valence-corrected chi connectivity index (χ4v) is 1.95. The Morgan fingerprint density at radius 3 is 2.89 bits per heavy atom. The van der Waals surface area contributed by atoms with Crippen LogP contribution in [0.3, 0.4) is 0 Å². The first-order valence-electron chi connectivity index (χ1n) is 5.89. The van der Waals surface area contributed by atoms with Crippen molar-refractivity contribution in [2.24, 2.45) is 0 Å². The number of carbonyl (C=O) groups excluding carboxylic acids is 1. The first-order valence-corrected chi connectivity index (χ1v) is 6.27. The lowest BCUT2D eigenvalue weighted by molar-refractivity contribution is 0.0939. The van der Waals surface area contributed by atoms with Gasteiger partial charge in [0.2, 0.25) is 0 Å². The van der Waals surface area contributed by atoms with E-state index in [0.717, 1.165) is 5.69 Å². The Kier molecular flexibility index (Phi) is 4.06. The molecule has 0 bridgehead atoms. The molecule has 2 aromatic rings. The minimum Gasteiger partial charge on any atom is -0.387 e. The predicted molar refractivity (Wildman–Crippen MR) is 75.5 cm³/mol. The summed E-state index contributed by atoms with van der Waals surface area (Å²) in [6, 6.07) is 4.94. The second kappa shape index (κ2) is 5.75. The van der Waals surface area contributed by atoms with Gasteiger partial charge in [0.15, 0.2) is 0 Å². The number of aromatic nitrogens is 2. The Morgan fingerprint density at radius 2 is 2.26 bits per heavy atom. The Labute approximate surface area is 116 Å². The van der Waals surface area contributed by atoms with E-state index in [0.29, 0.717) is 16.4 Å². The molecule has 0 saturated heterocycles. The second-order valence-corrected chi connectivity index (χ2v) is 4.55. The molecule has 1 aromatic heterocycles. The van der Waals surface area contributed by atoms with Gasteiger partial charge in [0.05, 0.1) is 11.6 Å². The normalized spacial score (nSPS) is 11.9. The highest BCUT2D eigenvalue weighted by Crippen LogP contribution is 2.21. The molecule has 0 fully saturated rings. The van der Waals surface area contributed by atoms with Crippen LogP contribution in [-0.4, -0.2) is 22.9 Å². The van der Waals surface area contributed by atoms with Crippen molar-refractivity contribution in [1.29, 1.82) is 0 Å². The second-order valence-electron chi connectivity index (χ2n) is 4.11. The third-order valence-electron chi connectivity index (χ3n) is 2.77. The SMILES string of the molecule is CNc1ccc(Cl)cc1C(=O)NC(C)c1ncc[nH]1. The van der Waals surface area contributed by atoms with Crippen LogP contribution in [0.1, 0.15) is 29.1 Å². The molecule has 1 unspecified atom stereocenters. The molecule has 100 valence electrons. The summed E-state index contributed by atoms with van der Waals surface area (Å²) in [6.07, 6.45) is 3.37. The van der Waals surface area contributed by atoms with Crippen molar-refractivity contribution in [2.75, 3.05) is 12.4 Å². The van der Waals surface area contributed by atoms with Crippen molar-refractivity contribution in [2.45, 2.75) is 13.0 Å². The summed E-state index contributed by atoms with van der Waals surface area (Å²) in [5.41, 5.74) is 1.24. The molecule has 1 heterocycles. The number of aromatic amines is 1. The fourth-order valence-electron chi connectivity index (χ4n) is 1.78. The number of hydrogen-bond acceptors (Lipinski definition) is 3. The van der Waals surface area contributed by atoms with Crippen LogP contribution in [0, 0.1) is 0 Å². The van der Waals surface area contributed by atoms with Crippen LogP contribution in [0.4, 0.5) is 5.69 Å². The molecule has 0 saturated carbocycles. The number of H-pyrrole nitrogens is 1. The van der Waals surface area contributed by atoms with E-state index in [4.69, 9.17) is 11.6 Å². The zero-order valence-electron chi connectivity index (χ0n) is 10.7. The topological polar surface area (TPSA) is 69.8 Å². The third-order valence-corrected chi connectivity index (χ3v) is 3.01. The van der Waals surface area contributed by atoms with Gasteiger partial charge in [0.25, 0.3) is 5.91 Å². The maximum Gasteiger partial charge on any atom is 0.254 e. The lowest BCUT2D eigenvalue weighted by Crippen LogP contribution is -2.28. The quantitative estimate of drug-likeness (QED) is 0.805. The van der Waals surface area contributed by atoms with Gasteiger partial charge in [-0.3, -0.25) is 4.79 Å². The monoisotopic (exact) mass is 278 g/mol. The fraction of sp³-hybridized carbons (Fsp3) is 0.231. The Morgan fingerprint density at radius 1 is 1.47 bits per heavy atom. The number of rotatable bonds is 4. The van der Waals surface area contributed by atoms with Crippen LogP contribution in [0.25, 0.3) is 0 Å². The molecule has 1 aromatic carbocycles. The molecule has 6 heteroatoms. The minimum absolute atomic E-state index is 0.198. The highest BCUT2D eigenvalue weighted by molar-refractivity contribution is 6.31. The van der Waals surface area contributed by atoms with Crippen LogP contribution >= 0.6 is 11.6 Å². The predicted octanol–water partition coefficient (Wildman–Crippen LogP) is 2.60. The van der Waals surface area contributed by atoms with Gasteiger partial charge >= 0.3 is 0 Å². The van der Waals surface area contributed by atoms with E-state index < -0.39 is 0 Å². The lowest BCUT2D eigenvalue weighted by atomic mass is 10.1. The van der Waals surface area contributed by atoms with Crippen molar-refractivity contribution >= 4 is 23.2 Å². The van der Waals surface area contributed by atoms with Crippen LogP contribution < -0.4 is 10.6 Å². The number of amides is 1. The number of nitrogens with zero attached hydrogens (tertiary/aromatic N) is 1. The van der Waals surface area contributed by atoms with Gasteiger partial charge in [-0.1, -0.05) is 11.6 Å².